The predicted molar refractivity (Wildman–Crippen MR) is 70.1 cm³/mol. The van der Waals surface area contributed by atoms with Crippen molar-refractivity contribution >= 4 is 11.3 Å². The van der Waals surface area contributed by atoms with Crippen LogP contribution in [-0.2, 0) is 4.74 Å². The molecule has 0 saturated heterocycles. The van der Waals surface area contributed by atoms with Crippen molar-refractivity contribution in [2.24, 2.45) is 0 Å². The first kappa shape index (κ1) is 13.6. The molecule has 92 valence electrons. The molecule has 0 amide bonds. The maximum atomic E-state index is 5.51. The van der Waals surface area contributed by atoms with Gasteiger partial charge in [-0.1, -0.05) is 0 Å². The van der Waals surface area contributed by atoms with Crippen molar-refractivity contribution in [1.29, 1.82) is 0 Å². The Bertz CT molecular complexity index is 262. The molecule has 1 aromatic heterocycles. The van der Waals surface area contributed by atoms with E-state index in [2.05, 4.69) is 48.1 Å². The molecule has 1 heterocycles. The van der Waals surface area contributed by atoms with E-state index >= 15 is 0 Å². The van der Waals surface area contributed by atoms with Gasteiger partial charge in [-0.25, -0.2) is 0 Å². The Morgan fingerprint density at radius 3 is 2.88 bits per heavy atom. The van der Waals surface area contributed by atoms with Crippen LogP contribution in [0.15, 0.2) is 16.8 Å². The Morgan fingerprint density at radius 1 is 1.44 bits per heavy atom. The molecule has 1 rings (SSSR count). The summed E-state index contributed by atoms with van der Waals surface area (Å²) in [6.45, 7) is 5.66. The smallest absolute Gasteiger partial charge is 0.0593 e. The summed E-state index contributed by atoms with van der Waals surface area (Å²) in [4.78, 5) is 2.13. The van der Waals surface area contributed by atoms with Gasteiger partial charge in [0, 0.05) is 19.1 Å². The van der Waals surface area contributed by atoms with Crippen molar-refractivity contribution in [1.82, 2.24) is 10.2 Å². The second-order valence-corrected chi connectivity index (χ2v) is 4.93. The number of nitrogens with zero attached hydrogens (tertiary/aromatic N) is 1. The average molecular weight is 242 g/mol. The van der Waals surface area contributed by atoms with Gasteiger partial charge in [-0.2, -0.15) is 11.3 Å². The molecular formula is C12H22N2OS. The zero-order valence-corrected chi connectivity index (χ0v) is 11.2. The van der Waals surface area contributed by atoms with Crippen LogP contribution in [0.1, 0.15) is 18.5 Å². The molecule has 0 fully saturated rings. The van der Waals surface area contributed by atoms with Crippen LogP contribution >= 0.6 is 11.3 Å². The lowest BCUT2D eigenvalue weighted by atomic mass is 10.2. The average Bonchev–Trinajstić information content (AvgIpc) is 2.75. The second-order valence-electron chi connectivity index (χ2n) is 4.15. The minimum absolute atomic E-state index is 0.420. The molecule has 0 unspecified atom stereocenters. The number of hydrogen-bond acceptors (Lipinski definition) is 4. The SMILES string of the molecule is C[C@H](NCCOCCN(C)C)c1ccsc1. The van der Waals surface area contributed by atoms with Crippen molar-refractivity contribution in [3.8, 4) is 0 Å². The van der Waals surface area contributed by atoms with Crippen LogP contribution < -0.4 is 5.32 Å². The Labute approximate surface area is 102 Å². The fourth-order valence-electron chi connectivity index (χ4n) is 1.34. The zero-order valence-electron chi connectivity index (χ0n) is 10.4. The minimum atomic E-state index is 0.420. The maximum Gasteiger partial charge on any atom is 0.0593 e. The molecule has 1 aromatic rings. The van der Waals surface area contributed by atoms with Crippen LogP contribution in [-0.4, -0.2) is 45.3 Å². The summed E-state index contributed by atoms with van der Waals surface area (Å²) in [6.07, 6.45) is 0. The number of likely N-dealkylation sites (N-methyl/N-ethyl adjacent to an activating group) is 1. The normalized spacial score (nSPS) is 13.2. The first-order valence-corrected chi connectivity index (χ1v) is 6.62. The van der Waals surface area contributed by atoms with Gasteiger partial charge in [0.15, 0.2) is 0 Å². The maximum absolute atomic E-state index is 5.51. The summed E-state index contributed by atoms with van der Waals surface area (Å²) in [5.74, 6) is 0. The molecule has 0 radical (unpaired) electrons. The van der Waals surface area contributed by atoms with Crippen LogP contribution in [0.2, 0.25) is 0 Å². The quantitative estimate of drug-likeness (QED) is 0.706. The lowest BCUT2D eigenvalue weighted by Gasteiger charge is -2.13. The highest BCUT2D eigenvalue weighted by atomic mass is 32.1. The standard InChI is InChI=1S/C12H22N2OS/c1-11(12-4-9-16-10-12)13-5-7-15-8-6-14(2)3/h4,9-11,13H,5-8H2,1-3H3/t11-/m0/s1. The molecule has 0 aliphatic rings. The second kappa shape index (κ2) is 7.79. The van der Waals surface area contributed by atoms with Crippen LogP contribution in [0.25, 0.3) is 0 Å². The molecule has 0 aliphatic carbocycles. The summed E-state index contributed by atoms with van der Waals surface area (Å²) in [7, 11) is 4.11. The highest BCUT2D eigenvalue weighted by molar-refractivity contribution is 7.07. The van der Waals surface area contributed by atoms with Crippen LogP contribution in [0.4, 0.5) is 0 Å². The molecule has 0 aromatic carbocycles. The lowest BCUT2D eigenvalue weighted by molar-refractivity contribution is 0.118. The first-order valence-electron chi connectivity index (χ1n) is 5.68. The highest BCUT2D eigenvalue weighted by Gasteiger charge is 2.03. The first-order chi connectivity index (χ1) is 7.70. The summed E-state index contributed by atoms with van der Waals surface area (Å²) in [5, 5.41) is 7.74. The van der Waals surface area contributed by atoms with Gasteiger partial charge >= 0.3 is 0 Å². The highest BCUT2D eigenvalue weighted by Crippen LogP contribution is 2.14. The summed E-state index contributed by atoms with van der Waals surface area (Å²) >= 11 is 1.74. The molecular weight excluding hydrogens is 220 g/mol. The van der Waals surface area contributed by atoms with Crippen LogP contribution in [0, 0.1) is 0 Å². The van der Waals surface area contributed by atoms with Gasteiger partial charge < -0.3 is 15.0 Å². The molecule has 16 heavy (non-hydrogen) atoms. The Kier molecular flexibility index (Phi) is 6.64. The molecule has 0 spiro atoms. The third kappa shape index (κ3) is 5.61. The van der Waals surface area contributed by atoms with E-state index in [0.717, 1.165) is 26.3 Å². The number of thiophene rings is 1. The van der Waals surface area contributed by atoms with E-state index in [4.69, 9.17) is 4.74 Å². The van der Waals surface area contributed by atoms with Gasteiger partial charge in [-0.05, 0) is 43.4 Å². The van der Waals surface area contributed by atoms with Gasteiger partial charge in [0.25, 0.3) is 0 Å². The van der Waals surface area contributed by atoms with Gasteiger partial charge in [0.2, 0.25) is 0 Å². The van der Waals surface area contributed by atoms with E-state index in [1.807, 2.05) is 0 Å². The van der Waals surface area contributed by atoms with Crippen LogP contribution in [0.5, 0.6) is 0 Å². The molecule has 0 aliphatic heterocycles. The third-order valence-electron chi connectivity index (χ3n) is 2.42. The van der Waals surface area contributed by atoms with Gasteiger partial charge in [0.05, 0.1) is 13.2 Å². The lowest BCUT2D eigenvalue weighted by Crippen LogP contribution is -2.25. The fraction of sp³-hybridized carbons (Fsp3) is 0.667. The fourth-order valence-corrected chi connectivity index (χ4v) is 2.09. The minimum Gasteiger partial charge on any atom is -0.379 e. The largest absolute Gasteiger partial charge is 0.379 e. The van der Waals surface area contributed by atoms with Gasteiger partial charge in [-0.15, -0.1) is 0 Å². The van der Waals surface area contributed by atoms with E-state index in [1.165, 1.54) is 5.56 Å². The summed E-state index contributed by atoms with van der Waals surface area (Å²) in [6, 6.07) is 2.58. The van der Waals surface area contributed by atoms with E-state index in [-0.39, 0.29) is 0 Å². The Balaban J connectivity index is 1.99. The van der Waals surface area contributed by atoms with Crippen molar-refractivity contribution in [3.63, 3.8) is 0 Å². The third-order valence-corrected chi connectivity index (χ3v) is 3.12. The van der Waals surface area contributed by atoms with E-state index in [1.54, 1.807) is 11.3 Å². The van der Waals surface area contributed by atoms with Crippen molar-refractivity contribution in [2.45, 2.75) is 13.0 Å². The predicted octanol–water partition coefficient (Wildman–Crippen LogP) is 1.98. The van der Waals surface area contributed by atoms with E-state index in [9.17, 15) is 0 Å². The van der Waals surface area contributed by atoms with E-state index in [0.29, 0.717) is 6.04 Å². The molecule has 1 N–H and O–H groups in total. The monoisotopic (exact) mass is 242 g/mol. The molecule has 3 nitrogen and oxygen atoms in total. The van der Waals surface area contributed by atoms with Gasteiger partial charge in [-0.3, -0.25) is 0 Å². The molecule has 0 bridgehead atoms. The number of nitrogens with one attached hydrogen (secondary N) is 1. The number of rotatable bonds is 8. The summed E-state index contributed by atoms with van der Waals surface area (Å²) < 4.78 is 5.51. The van der Waals surface area contributed by atoms with Crippen molar-refractivity contribution in [3.05, 3.63) is 22.4 Å². The number of ether oxygens (including phenoxy) is 1. The van der Waals surface area contributed by atoms with E-state index < -0.39 is 0 Å². The molecule has 0 saturated carbocycles. The van der Waals surface area contributed by atoms with Crippen molar-refractivity contribution in [2.75, 3.05) is 40.4 Å². The summed E-state index contributed by atoms with van der Waals surface area (Å²) in [5.41, 5.74) is 1.36. The zero-order chi connectivity index (χ0) is 11.8. The topological polar surface area (TPSA) is 24.5 Å². The number of hydrogen-bond donors (Lipinski definition) is 1. The Hall–Kier alpha value is -0.420. The molecule has 1 atom stereocenters. The van der Waals surface area contributed by atoms with Gasteiger partial charge in [0.1, 0.15) is 0 Å². The Morgan fingerprint density at radius 2 is 2.25 bits per heavy atom. The van der Waals surface area contributed by atoms with Crippen LogP contribution in [0.3, 0.4) is 0 Å². The molecule has 4 heteroatoms. The van der Waals surface area contributed by atoms with Crippen molar-refractivity contribution < 1.29 is 4.74 Å².